The molecule has 0 saturated heterocycles. The van der Waals surface area contributed by atoms with E-state index in [1.54, 1.807) is 0 Å². The minimum Gasteiger partial charge on any atom is -0.312 e. The zero-order valence-electron chi connectivity index (χ0n) is 8.95. The molecule has 0 unspecified atom stereocenters. The molecule has 3 heteroatoms. The van der Waals surface area contributed by atoms with Crippen LogP contribution >= 0.6 is 27.3 Å². The quantitative estimate of drug-likeness (QED) is 0.827. The van der Waals surface area contributed by atoms with Crippen molar-refractivity contribution in [3.8, 4) is 0 Å². The van der Waals surface area contributed by atoms with Crippen LogP contribution in [0.1, 0.15) is 10.4 Å². The Labute approximate surface area is 109 Å². The van der Waals surface area contributed by atoms with E-state index in [2.05, 4.69) is 57.6 Å². The summed E-state index contributed by atoms with van der Waals surface area (Å²) in [6.07, 6.45) is 1.10. The van der Waals surface area contributed by atoms with Crippen molar-refractivity contribution in [1.82, 2.24) is 5.32 Å². The number of hydrogen-bond donors (Lipinski definition) is 1. The number of benzene rings is 1. The molecular weight excluding hydrogens is 282 g/mol. The third-order valence-electron chi connectivity index (χ3n) is 2.35. The van der Waals surface area contributed by atoms with E-state index < -0.39 is 0 Å². The van der Waals surface area contributed by atoms with E-state index in [0.717, 1.165) is 19.5 Å². The first-order chi connectivity index (χ1) is 7.84. The molecule has 2 rings (SSSR count). The van der Waals surface area contributed by atoms with E-state index in [-0.39, 0.29) is 0 Å². The molecule has 0 fully saturated rings. The molecule has 0 atom stereocenters. The van der Waals surface area contributed by atoms with Gasteiger partial charge in [0.1, 0.15) is 0 Å². The Hall–Kier alpha value is -0.640. The third kappa shape index (κ3) is 3.74. The van der Waals surface area contributed by atoms with Crippen LogP contribution < -0.4 is 5.32 Å². The van der Waals surface area contributed by atoms with Gasteiger partial charge in [-0.2, -0.15) is 0 Å². The molecule has 0 amide bonds. The zero-order chi connectivity index (χ0) is 11.2. The van der Waals surface area contributed by atoms with E-state index in [1.165, 1.54) is 14.2 Å². The first kappa shape index (κ1) is 11.8. The number of rotatable bonds is 5. The molecule has 1 aromatic heterocycles. The average molecular weight is 296 g/mol. The van der Waals surface area contributed by atoms with Crippen molar-refractivity contribution in [2.45, 2.75) is 13.0 Å². The Morgan fingerprint density at radius 1 is 1.06 bits per heavy atom. The Bertz CT molecular complexity index is 425. The Kier molecular flexibility index (Phi) is 4.57. The van der Waals surface area contributed by atoms with E-state index in [1.807, 2.05) is 17.4 Å². The normalized spacial score (nSPS) is 10.6. The lowest BCUT2D eigenvalue weighted by molar-refractivity contribution is 0.690. The molecule has 2 aromatic rings. The predicted molar refractivity (Wildman–Crippen MR) is 73.9 cm³/mol. The number of hydrogen-bond acceptors (Lipinski definition) is 2. The Morgan fingerprint density at radius 3 is 2.56 bits per heavy atom. The predicted octanol–water partition coefficient (Wildman–Crippen LogP) is 3.84. The molecule has 0 spiro atoms. The van der Waals surface area contributed by atoms with Gasteiger partial charge in [0.15, 0.2) is 0 Å². The van der Waals surface area contributed by atoms with Crippen molar-refractivity contribution >= 4 is 27.3 Å². The zero-order valence-corrected chi connectivity index (χ0v) is 11.4. The van der Waals surface area contributed by atoms with Gasteiger partial charge >= 0.3 is 0 Å². The van der Waals surface area contributed by atoms with Gasteiger partial charge in [-0.25, -0.2) is 0 Å². The molecule has 1 nitrogen and oxygen atoms in total. The summed E-state index contributed by atoms with van der Waals surface area (Å²) in [6, 6.07) is 14.8. The van der Waals surface area contributed by atoms with Crippen molar-refractivity contribution in [2.24, 2.45) is 0 Å². The molecule has 1 heterocycles. The summed E-state index contributed by atoms with van der Waals surface area (Å²) >= 11 is 5.29. The maximum Gasteiger partial charge on any atom is 0.0701 e. The van der Waals surface area contributed by atoms with Gasteiger partial charge in [-0.3, -0.25) is 0 Å². The second-order valence-corrected chi connectivity index (χ2v) is 6.17. The number of nitrogens with one attached hydrogen (secondary N) is 1. The summed E-state index contributed by atoms with van der Waals surface area (Å²) < 4.78 is 1.21. The average Bonchev–Trinajstić information content (AvgIpc) is 2.72. The van der Waals surface area contributed by atoms with Gasteiger partial charge in [0.05, 0.1) is 3.79 Å². The van der Waals surface area contributed by atoms with Crippen molar-refractivity contribution in [3.63, 3.8) is 0 Å². The fourth-order valence-corrected chi connectivity index (χ4v) is 3.01. The lowest BCUT2D eigenvalue weighted by atomic mass is 10.2. The molecule has 0 aliphatic heterocycles. The van der Waals surface area contributed by atoms with E-state index in [9.17, 15) is 0 Å². The third-order valence-corrected chi connectivity index (χ3v) is 4.03. The van der Waals surface area contributed by atoms with Crippen molar-refractivity contribution in [3.05, 3.63) is 56.7 Å². The summed E-state index contributed by atoms with van der Waals surface area (Å²) in [7, 11) is 0. The first-order valence-electron chi connectivity index (χ1n) is 5.33. The highest BCUT2D eigenvalue weighted by molar-refractivity contribution is 9.11. The highest BCUT2D eigenvalue weighted by atomic mass is 79.9. The molecule has 84 valence electrons. The van der Waals surface area contributed by atoms with E-state index in [0.29, 0.717) is 0 Å². The summed E-state index contributed by atoms with van der Waals surface area (Å²) in [5.41, 5.74) is 1.34. The maximum absolute atomic E-state index is 3.48. The molecule has 0 aliphatic carbocycles. The Morgan fingerprint density at radius 2 is 1.88 bits per heavy atom. The van der Waals surface area contributed by atoms with Gasteiger partial charge in [0, 0.05) is 18.0 Å². The first-order valence-corrected chi connectivity index (χ1v) is 6.94. The fourth-order valence-electron chi connectivity index (χ4n) is 1.53. The summed E-state index contributed by atoms with van der Waals surface area (Å²) in [4.78, 5) is 1.42. The minimum absolute atomic E-state index is 0.952. The SMILES string of the molecule is Brc1ccc(CCNCc2ccccc2)s1. The molecule has 1 N–H and O–H groups in total. The summed E-state index contributed by atoms with van der Waals surface area (Å²) in [5.74, 6) is 0. The second kappa shape index (κ2) is 6.18. The minimum atomic E-state index is 0.952. The molecule has 1 aromatic carbocycles. The summed E-state index contributed by atoms with van der Waals surface area (Å²) in [6.45, 7) is 1.98. The van der Waals surface area contributed by atoms with Crippen LogP contribution in [0, 0.1) is 0 Å². The smallest absolute Gasteiger partial charge is 0.0701 e. The highest BCUT2D eigenvalue weighted by Gasteiger charge is 1.97. The molecule has 0 bridgehead atoms. The van der Waals surface area contributed by atoms with Crippen LogP contribution in [0.3, 0.4) is 0 Å². The van der Waals surface area contributed by atoms with Crippen LogP contribution in [-0.4, -0.2) is 6.54 Å². The van der Waals surface area contributed by atoms with Crippen LogP contribution in [-0.2, 0) is 13.0 Å². The Balaban J connectivity index is 1.69. The lowest BCUT2D eigenvalue weighted by Crippen LogP contribution is -2.16. The summed E-state index contributed by atoms with van der Waals surface area (Å²) in [5, 5.41) is 3.45. The highest BCUT2D eigenvalue weighted by Crippen LogP contribution is 2.22. The van der Waals surface area contributed by atoms with Crippen LogP contribution in [0.4, 0.5) is 0 Å². The fraction of sp³-hybridized carbons (Fsp3) is 0.231. The van der Waals surface area contributed by atoms with Gasteiger partial charge in [0.25, 0.3) is 0 Å². The van der Waals surface area contributed by atoms with Gasteiger partial charge in [-0.1, -0.05) is 30.3 Å². The topological polar surface area (TPSA) is 12.0 Å². The van der Waals surface area contributed by atoms with Gasteiger partial charge in [0.2, 0.25) is 0 Å². The molecular formula is C13H14BrNS. The molecule has 0 aliphatic rings. The monoisotopic (exact) mass is 295 g/mol. The van der Waals surface area contributed by atoms with E-state index >= 15 is 0 Å². The lowest BCUT2D eigenvalue weighted by Gasteiger charge is -2.03. The molecule has 0 radical (unpaired) electrons. The molecule has 16 heavy (non-hydrogen) atoms. The van der Waals surface area contributed by atoms with Gasteiger partial charge < -0.3 is 5.32 Å². The second-order valence-electron chi connectivity index (χ2n) is 3.62. The van der Waals surface area contributed by atoms with Crippen LogP contribution in [0.2, 0.25) is 0 Å². The van der Waals surface area contributed by atoms with Crippen LogP contribution in [0.25, 0.3) is 0 Å². The van der Waals surface area contributed by atoms with E-state index in [4.69, 9.17) is 0 Å². The van der Waals surface area contributed by atoms with Crippen LogP contribution in [0.5, 0.6) is 0 Å². The van der Waals surface area contributed by atoms with Crippen LogP contribution in [0.15, 0.2) is 46.3 Å². The maximum atomic E-state index is 3.48. The van der Waals surface area contributed by atoms with Crippen molar-refractivity contribution in [2.75, 3.05) is 6.54 Å². The largest absolute Gasteiger partial charge is 0.312 e. The van der Waals surface area contributed by atoms with Crippen molar-refractivity contribution < 1.29 is 0 Å². The number of thiophene rings is 1. The number of halogens is 1. The molecule has 0 saturated carbocycles. The van der Waals surface area contributed by atoms with Crippen molar-refractivity contribution in [1.29, 1.82) is 0 Å². The van der Waals surface area contributed by atoms with Gasteiger partial charge in [-0.05, 0) is 40.0 Å². The van der Waals surface area contributed by atoms with Gasteiger partial charge in [-0.15, -0.1) is 11.3 Å². The standard InChI is InChI=1S/C13H14BrNS/c14-13-7-6-12(16-13)8-9-15-10-11-4-2-1-3-5-11/h1-7,15H,8-10H2.